The third kappa shape index (κ3) is 3.03. The Morgan fingerprint density at radius 2 is 2.06 bits per heavy atom. The monoisotopic (exact) mass is 266 g/mol. The van der Waals surface area contributed by atoms with Gasteiger partial charge in [0.25, 0.3) is 0 Å². The Balaban J connectivity index is 1.92. The molecule has 4 heteroatoms. The van der Waals surface area contributed by atoms with Gasteiger partial charge in [0.05, 0.1) is 5.92 Å². The maximum atomic E-state index is 12.1. The van der Waals surface area contributed by atoms with E-state index in [1.54, 1.807) is 0 Å². The third-order valence-corrected chi connectivity index (χ3v) is 3.84. The Bertz CT molecular complexity index is 414. The number of hydrogen-bond donors (Lipinski definition) is 1. The predicted molar refractivity (Wildman–Crippen MR) is 73.7 cm³/mol. The summed E-state index contributed by atoms with van der Waals surface area (Å²) in [5.74, 6) is 0.415. The lowest BCUT2D eigenvalue weighted by Gasteiger charge is -2.33. The number of benzene rings is 1. The minimum atomic E-state index is 0.169. The molecule has 1 saturated heterocycles. The molecule has 1 heterocycles. The average molecular weight is 267 g/mol. The number of carbonyl (C=O) groups is 1. The van der Waals surface area contributed by atoms with Crippen LogP contribution in [-0.4, -0.2) is 37.0 Å². The predicted octanol–water partition coefficient (Wildman–Crippen LogP) is 1.95. The molecule has 1 aromatic carbocycles. The molecule has 1 aromatic rings. The van der Waals surface area contributed by atoms with Gasteiger partial charge < -0.3 is 10.2 Å². The molecular formula is C14H19ClN2O. The Morgan fingerprint density at radius 1 is 1.44 bits per heavy atom. The van der Waals surface area contributed by atoms with Gasteiger partial charge in [0, 0.05) is 31.2 Å². The summed E-state index contributed by atoms with van der Waals surface area (Å²) in [6.07, 6.45) is 0.861. The van der Waals surface area contributed by atoms with Crippen LogP contribution >= 0.6 is 11.6 Å². The number of nitrogens with zero attached hydrogens (tertiary/aromatic N) is 1. The Labute approximate surface area is 113 Å². The number of likely N-dealkylation sites (N-methyl/N-ethyl adjacent to an activating group) is 1. The summed E-state index contributed by atoms with van der Waals surface area (Å²) in [7, 11) is 1.89. The van der Waals surface area contributed by atoms with Crippen LogP contribution in [0, 0.1) is 5.92 Å². The highest BCUT2D eigenvalue weighted by molar-refractivity contribution is 6.30. The lowest BCUT2D eigenvalue weighted by Crippen LogP contribution is -2.53. The van der Waals surface area contributed by atoms with Gasteiger partial charge in [-0.15, -0.1) is 0 Å². The molecule has 2 rings (SSSR count). The first-order valence-corrected chi connectivity index (χ1v) is 6.67. The van der Waals surface area contributed by atoms with E-state index in [1.165, 1.54) is 5.56 Å². The van der Waals surface area contributed by atoms with Gasteiger partial charge in [0.1, 0.15) is 0 Å². The molecule has 1 unspecified atom stereocenters. The zero-order valence-corrected chi connectivity index (χ0v) is 11.6. The summed E-state index contributed by atoms with van der Waals surface area (Å²) >= 11 is 5.86. The van der Waals surface area contributed by atoms with Crippen molar-refractivity contribution in [3.8, 4) is 0 Å². The Hall–Kier alpha value is -1.06. The van der Waals surface area contributed by atoms with Crippen molar-refractivity contribution in [2.45, 2.75) is 19.4 Å². The van der Waals surface area contributed by atoms with Crippen molar-refractivity contribution in [2.75, 3.05) is 20.1 Å². The van der Waals surface area contributed by atoms with Crippen molar-refractivity contribution in [2.24, 2.45) is 5.92 Å². The van der Waals surface area contributed by atoms with E-state index >= 15 is 0 Å². The summed E-state index contributed by atoms with van der Waals surface area (Å²) in [6.45, 7) is 3.71. The number of hydrogen-bond acceptors (Lipinski definition) is 2. The summed E-state index contributed by atoms with van der Waals surface area (Å²) in [5, 5.41) is 3.88. The minimum absolute atomic E-state index is 0.169. The van der Waals surface area contributed by atoms with E-state index in [1.807, 2.05) is 36.2 Å². The van der Waals surface area contributed by atoms with Crippen LogP contribution in [0.4, 0.5) is 0 Å². The molecule has 0 aromatic heterocycles. The zero-order valence-electron chi connectivity index (χ0n) is 10.8. The number of nitrogens with one attached hydrogen (secondary N) is 1. The first kappa shape index (κ1) is 13.4. The number of carbonyl (C=O) groups excluding carboxylic acids is 1. The van der Waals surface area contributed by atoms with Crippen LogP contribution < -0.4 is 5.32 Å². The molecule has 18 heavy (non-hydrogen) atoms. The molecule has 0 bridgehead atoms. The van der Waals surface area contributed by atoms with Crippen LogP contribution in [-0.2, 0) is 11.2 Å². The molecule has 1 aliphatic heterocycles. The number of rotatable bonds is 4. The molecule has 98 valence electrons. The van der Waals surface area contributed by atoms with Crippen LogP contribution in [0.3, 0.4) is 0 Å². The molecule has 0 radical (unpaired) electrons. The van der Waals surface area contributed by atoms with E-state index in [0.29, 0.717) is 0 Å². The third-order valence-electron chi connectivity index (χ3n) is 3.58. The van der Waals surface area contributed by atoms with Crippen molar-refractivity contribution < 1.29 is 4.79 Å². The molecule has 1 amide bonds. The summed E-state index contributed by atoms with van der Waals surface area (Å²) < 4.78 is 0. The molecule has 1 aliphatic rings. The standard InChI is InChI=1S/C14H19ClN2O/c1-10(7-11-3-5-13(15)6-4-11)17(2)14(18)12-8-16-9-12/h3-6,10,12,16H,7-9H2,1-2H3. The Kier molecular flexibility index (Phi) is 4.25. The second-order valence-electron chi connectivity index (χ2n) is 4.98. The van der Waals surface area contributed by atoms with Gasteiger partial charge in [-0.25, -0.2) is 0 Å². The van der Waals surface area contributed by atoms with Crippen LogP contribution in [0.2, 0.25) is 5.02 Å². The molecular weight excluding hydrogens is 248 g/mol. The van der Waals surface area contributed by atoms with E-state index in [-0.39, 0.29) is 17.9 Å². The van der Waals surface area contributed by atoms with Crippen molar-refractivity contribution in [3.63, 3.8) is 0 Å². The SMILES string of the molecule is CC(Cc1ccc(Cl)cc1)N(C)C(=O)C1CNC1. The maximum absolute atomic E-state index is 12.1. The highest BCUT2D eigenvalue weighted by atomic mass is 35.5. The van der Waals surface area contributed by atoms with Crippen molar-refractivity contribution >= 4 is 17.5 Å². The van der Waals surface area contributed by atoms with Crippen LogP contribution in [0.25, 0.3) is 0 Å². The fourth-order valence-electron chi connectivity index (χ4n) is 2.07. The van der Waals surface area contributed by atoms with Crippen molar-refractivity contribution in [1.82, 2.24) is 10.2 Å². The van der Waals surface area contributed by atoms with Crippen LogP contribution in [0.15, 0.2) is 24.3 Å². The van der Waals surface area contributed by atoms with Crippen molar-refractivity contribution in [3.05, 3.63) is 34.9 Å². The maximum Gasteiger partial charge on any atom is 0.228 e. The molecule has 1 N–H and O–H groups in total. The number of amides is 1. The first-order chi connectivity index (χ1) is 8.58. The summed E-state index contributed by atoms with van der Waals surface area (Å²) in [5.41, 5.74) is 1.21. The second-order valence-corrected chi connectivity index (χ2v) is 5.42. The normalized spacial score (nSPS) is 17.1. The van der Waals surface area contributed by atoms with E-state index in [0.717, 1.165) is 24.5 Å². The van der Waals surface area contributed by atoms with Crippen LogP contribution in [0.1, 0.15) is 12.5 Å². The molecule has 1 atom stereocenters. The topological polar surface area (TPSA) is 32.3 Å². The van der Waals surface area contributed by atoms with E-state index in [4.69, 9.17) is 11.6 Å². The fraction of sp³-hybridized carbons (Fsp3) is 0.500. The summed E-state index contributed by atoms with van der Waals surface area (Å²) in [6, 6.07) is 8.02. The summed E-state index contributed by atoms with van der Waals surface area (Å²) in [4.78, 5) is 13.9. The van der Waals surface area contributed by atoms with Gasteiger partial charge in [-0.1, -0.05) is 23.7 Å². The fourth-order valence-corrected chi connectivity index (χ4v) is 2.19. The van der Waals surface area contributed by atoms with Crippen molar-refractivity contribution in [1.29, 1.82) is 0 Å². The lowest BCUT2D eigenvalue weighted by molar-refractivity contribution is -0.137. The van der Waals surface area contributed by atoms with Gasteiger partial charge in [-0.05, 0) is 31.0 Å². The van der Waals surface area contributed by atoms with E-state index in [9.17, 15) is 4.79 Å². The quantitative estimate of drug-likeness (QED) is 0.904. The van der Waals surface area contributed by atoms with E-state index < -0.39 is 0 Å². The highest BCUT2D eigenvalue weighted by Crippen LogP contribution is 2.15. The average Bonchev–Trinajstić information content (AvgIpc) is 2.28. The smallest absolute Gasteiger partial charge is 0.228 e. The van der Waals surface area contributed by atoms with E-state index in [2.05, 4.69) is 12.2 Å². The molecule has 0 saturated carbocycles. The molecule has 0 aliphatic carbocycles. The van der Waals surface area contributed by atoms with Gasteiger partial charge in [-0.3, -0.25) is 4.79 Å². The zero-order chi connectivity index (χ0) is 13.1. The first-order valence-electron chi connectivity index (χ1n) is 6.29. The van der Waals surface area contributed by atoms with Gasteiger partial charge in [0.15, 0.2) is 0 Å². The van der Waals surface area contributed by atoms with Gasteiger partial charge in [0.2, 0.25) is 5.91 Å². The lowest BCUT2D eigenvalue weighted by atomic mass is 9.99. The molecule has 0 spiro atoms. The highest BCUT2D eigenvalue weighted by Gasteiger charge is 2.29. The second kappa shape index (κ2) is 5.72. The molecule has 3 nitrogen and oxygen atoms in total. The minimum Gasteiger partial charge on any atom is -0.342 e. The van der Waals surface area contributed by atoms with Gasteiger partial charge >= 0.3 is 0 Å². The van der Waals surface area contributed by atoms with Crippen LogP contribution in [0.5, 0.6) is 0 Å². The number of halogens is 1. The largest absolute Gasteiger partial charge is 0.342 e. The molecule has 1 fully saturated rings. The van der Waals surface area contributed by atoms with Gasteiger partial charge in [-0.2, -0.15) is 0 Å². The Morgan fingerprint density at radius 3 is 2.56 bits per heavy atom.